The van der Waals surface area contributed by atoms with Crippen molar-refractivity contribution in [1.82, 2.24) is 10.2 Å². The van der Waals surface area contributed by atoms with Gasteiger partial charge in [0.15, 0.2) is 0 Å². The van der Waals surface area contributed by atoms with Gasteiger partial charge in [0.2, 0.25) is 0 Å². The van der Waals surface area contributed by atoms with Gasteiger partial charge < -0.3 is 15.3 Å². The summed E-state index contributed by atoms with van der Waals surface area (Å²) in [5, 5.41) is 14.1. The van der Waals surface area contributed by atoms with Crippen LogP contribution >= 0.6 is 0 Å². The molecule has 3 nitrogen and oxygen atoms in total. The van der Waals surface area contributed by atoms with Crippen LogP contribution in [0, 0.1) is 5.92 Å². The van der Waals surface area contributed by atoms with Crippen molar-refractivity contribution in [2.45, 2.75) is 71.4 Å². The molecule has 1 aliphatic rings. The average molecular weight is 270 g/mol. The third-order valence-electron chi connectivity index (χ3n) is 4.80. The molecule has 2 unspecified atom stereocenters. The van der Waals surface area contributed by atoms with E-state index in [0.29, 0.717) is 6.04 Å². The van der Waals surface area contributed by atoms with Crippen LogP contribution in [0.5, 0.6) is 0 Å². The molecule has 1 fully saturated rings. The molecule has 0 spiro atoms. The lowest BCUT2D eigenvalue weighted by atomic mass is 9.89. The fraction of sp³-hybridized carbons (Fsp3) is 1.00. The summed E-state index contributed by atoms with van der Waals surface area (Å²) in [5.41, 5.74) is -0.484. The Hall–Kier alpha value is -0.120. The van der Waals surface area contributed by atoms with Crippen molar-refractivity contribution in [3.8, 4) is 0 Å². The van der Waals surface area contributed by atoms with E-state index in [1.165, 1.54) is 19.3 Å². The molecule has 1 heterocycles. The van der Waals surface area contributed by atoms with Gasteiger partial charge in [-0.25, -0.2) is 0 Å². The zero-order chi connectivity index (χ0) is 14.3. The summed E-state index contributed by atoms with van der Waals surface area (Å²) in [4.78, 5) is 2.48. The van der Waals surface area contributed by atoms with Gasteiger partial charge in [0.25, 0.3) is 0 Å². The number of likely N-dealkylation sites (tertiary alicyclic amines) is 1. The lowest BCUT2D eigenvalue weighted by molar-refractivity contribution is -0.0156. The summed E-state index contributed by atoms with van der Waals surface area (Å²) in [6.07, 6.45) is 5.51. The second-order valence-electron chi connectivity index (χ2n) is 6.31. The van der Waals surface area contributed by atoms with Gasteiger partial charge in [-0.05, 0) is 58.0 Å². The van der Waals surface area contributed by atoms with E-state index in [4.69, 9.17) is 0 Å². The van der Waals surface area contributed by atoms with Crippen molar-refractivity contribution in [2.75, 3.05) is 26.2 Å². The first-order valence-corrected chi connectivity index (χ1v) is 8.22. The highest BCUT2D eigenvalue weighted by Gasteiger charge is 2.30. The molecule has 0 aromatic rings. The molecule has 0 amide bonds. The molecule has 19 heavy (non-hydrogen) atoms. The summed E-state index contributed by atoms with van der Waals surface area (Å²) >= 11 is 0. The minimum absolute atomic E-state index is 0.484. The van der Waals surface area contributed by atoms with E-state index in [-0.39, 0.29) is 0 Å². The molecule has 0 radical (unpaired) electrons. The van der Waals surface area contributed by atoms with Crippen molar-refractivity contribution in [3.63, 3.8) is 0 Å². The predicted molar refractivity (Wildman–Crippen MR) is 82.5 cm³/mol. The van der Waals surface area contributed by atoms with Crippen molar-refractivity contribution >= 4 is 0 Å². The van der Waals surface area contributed by atoms with E-state index >= 15 is 0 Å². The molecule has 2 N–H and O–H groups in total. The van der Waals surface area contributed by atoms with Crippen LogP contribution in [0.1, 0.15) is 59.8 Å². The molecule has 1 rings (SSSR count). The van der Waals surface area contributed by atoms with E-state index < -0.39 is 5.60 Å². The molecule has 0 aromatic heterocycles. The number of aliphatic hydroxyl groups is 1. The van der Waals surface area contributed by atoms with E-state index in [2.05, 4.69) is 37.9 Å². The monoisotopic (exact) mass is 270 g/mol. The van der Waals surface area contributed by atoms with Gasteiger partial charge in [0, 0.05) is 19.1 Å². The van der Waals surface area contributed by atoms with Crippen LogP contribution in [-0.2, 0) is 0 Å². The smallest absolute Gasteiger partial charge is 0.0768 e. The summed E-state index contributed by atoms with van der Waals surface area (Å²) in [7, 11) is 0. The van der Waals surface area contributed by atoms with Crippen molar-refractivity contribution in [1.29, 1.82) is 0 Å². The molecule has 3 heteroatoms. The summed E-state index contributed by atoms with van der Waals surface area (Å²) in [6, 6.07) is 0.596. The summed E-state index contributed by atoms with van der Waals surface area (Å²) < 4.78 is 0. The summed E-state index contributed by atoms with van der Waals surface area (Å²) in [6.45, 7) is 13.0. The first-order chi connectivity index (χ1) is 9.04. The molecule has 0 aliphatic carbocycles. The Morgan fingerprint density at radius 1 is 1.32 bits per heavy atom. The molecule has 1 aliphatic heterocycles. The van der Waals surface area contributed by atoms with Gasteiger partial charge in [0.05, 0.1) is 5.60 Å². The first kappa shape index (κ1) is 16.9. The predicted octanol–water partition coefficient (Wildman–Crippen LogP) is 2.64. The molecule has 114 valence electrons. The number of hydrogen-bond donors (Lipinski definition) is 2. The van der Waals surface area contributed by atoms with Crippen LogP contribution in [0.25, 0.3) is 0 Å². The molecule has 0 aromatic carbocycles. The molecule has 2 atom stereocenters. The lowest BCUT2D eigenvalue weighted by Crippen LogP contribution is -2.49. The van der Waals surface area contributed by atoms with Crippen LogP contribution in [0.2, 0.25) is 0 Å². The third kappa shape index (κ3) is 5.41. The highest BCUT2D eigenvalue weighted by atomic mass is 16.3. The maximum Gasteiger partial charge on any atom is 0.0768 e. The number of piperidine rings is 1. The summed E-state index contributed by atoms with van der Waals surface area (Å²) in [5.74, 6) is 0.735. The van der Waals surface area contributed by atoms with Crippen molar-refractivity contribution < 1.29 is 5.11 Å². The topological polar surface area (TPSA) is 35.5 Å². The minimum atomic E-state index is -0.484. The zero-order valence-electron chi connectivity index (χ0n) is 13.4. The van der Waals surface area contributed by atoms with Gasteiger partial charge in [-0.1, -0.05) is 20.8 Å². The van der Waals surface area contributed by atoms with Crippen LogP contribution < -0.4 is 5.32 Å². The quantitative estimate of drug-likeness (QED) is 0.712. The van der Waals surface area contributed by atoms with Crippen LogP contribution in [-0.4, -0.2) is 47.8 Å². The molecule has 1 saturated heterocycles. The number of nitrogens with one attached hydrogen (secondary N) is 1. The first-order valence-electron chi connectivity index (χ1n) is 8.22. The molecule has 0 saturated carbocycles. The Kier molecular flexibility index (Phi) is 7.33. The van der Waals surface area contributed by atoms with Gasteiger partial charge in [-0.3, -0.25) is 0 Å². The molecule has 0 bridgehead atoms. The Balaban J connectivity index is 2.45. The standard InChI is InChI=1S/C16H34N2O/c1-5-10-17-14(4)15-9-8-11-18(12-15)13-16(19,6-2)7-3/h14-15,17,19H,5-13H2,1-4H3. The Morgan fingerprint density at radius 2 is 2.00 bits per heavy atom. The van der Waals surface area contributed by atoms with E-state index in [9.17, 15) is 5.11 Å². The largest absolute Gasteiger partial charge is 0.389 e. The lowest BCUT2D eigenvalue weighted by Gasteiger charge is -2.40. The van der Waals surface area contributed by atoms with Gasteiger partial charge in [-0.2, -0.15) is 0 Å². The van der Waals surface area contributed by atoms with Crippen LogP contribution in [0.3, 0.4) is 0 Å². The Morgan fingerprint density at radius 3 is 2.58 bits per heavy atom. The normalized spacial score (nSPS) is 23.5. The number of hydrogen-bond acceptors (Lipinski definition) is 3. The fourth-order valence-electron chi connectivity index (χ4n) is 3.07. The number of β-amino-alcohol motifs (C(OH)–C–C–N with tert-alkyl or cyclic N) is 1. The SMILES string of the molecule is CCCNC(C)C1CCCN(CC(O)(CC)CC)C1. The van der Waals surface area contributed by atoms with Gasteiger partial charge >= 0.3 is 0 Å². The van der Waals surface area contributed by atoms with Gasteiger partial charge in [-0.15, -0.1) is 0 Å². The van der Waals surface area contributed by atoms with Crippen LogP contribution in [0.4, 0.5) is 0 Å². The second-order valence-corrected chi connectivity index (χ2v) is 6.31. The van der Waals surface area contributed by atoms with Crippen LogP contribution in [0.15, 0.2) is 0 Å². The van der Waals surface area contributed by atoms with E-state index in [1.807, 2.05) is 0 Å². The van der Waals surface area contributed by atoms with E-state index in [0.717, 1.165) is 44.9 Å². The zero-order valence-corrected chi connectivity index (χ0v) is 13.4. The Bertz CT molecular complexity index is 241. The Labute approximate surface area is 119 Å². The third-order valence-corrected chi connectivity index (χ3v) is 4.80. The highest BCUT2D eigenvalue weighted by molar-refractivity contribution is 4.85. The number of nitrogens with zero attached hydrogens (tertiary/aromatic N) is 1. The average Bonchev–Trinajstić information content (AvgIpc) is 2.44. The second kappa shape index (κ2) is 8.23. The van der Waals surface area contributed by atoms with E-state index in [1.54, 1.807) is 0 Å². The molecular formula is C16H34N2O. The minimum Gasteiger partial charge on any atom is -0.389 e. The molecular weight excluding hydrogens is 236 g/mol. The van der Waals surface area contributed by atoms with Crippen molar-refractivity contribution in [3.05, 3.63) is 0 Å². The fourth-order valence-corrected chi connectivity index (χ4v) is 3.07. The van der Waals surface area contributed by atoms with Gasteiger partial charge in [0.1, 0.15) is 0 Å². The highest BCUT2D eigenvalue weighted by Crippen LogP contribution is 2.23. The van der Waals surface area contributed by atoms with Crippen molar-refractivity contribution in [2.24, 2.45) is 5.92 Å². The maximum atomic E-state index is 10.5. The maximum absolute atomic E-state index is 10.5. The number of rotatable bonds is 8.